The lowest BCUT2D eigenvalue weighted by Crippen LogP contribution is -2.12. The van der Waals surface area contributed by atoms with E-state index in [0.29, 0.717) is 27.5 Å². The third-order valence-electron chi connectivity index (χ3n) is 3.11. The Morgan fingerprint density at radius 3 is 2.68 bits per heavy atom. The fraction of sp³-hybridized carbons (Fsp3) is 0.0625. The van der Waals surface area contributed by atoms with E-state index in [-0.39, 0.29) is 5.91 Å². The standard InChI is InChI=1S/C16H13N3O2S/c1-10-18-9-14(21-10)11-4-6-12(7-5-11)19-15(20)13-3-2-8-17-16(13)22/h2-9H,1H3,(H,17,22)(H,19,20). The molecule has 1 aromatic carbocycles. The fourth-order valence-electron chi connectivity index (χ4n) is 2.01. The molecule has 3 aromatic rings. The lowest BCUT2D eigenvalue weighted by Gasteiger charge is -2.06. The molecule has 0 spiro atoms. The highest BCUT2D eigenvalue weighted by Crippen LogP contribution is 2.22. The largest absolute Gasteiger partial charge is 0.441 e. The van der Waals surface area contributed by atoms with Crippen LogP contribution in [0.25, 0.3) is 11.3 Å². The molecule has 110 valence electrons. The van der Waals surface area contributed by atoms with Crippen LogP contribution in [0.1, 0.15) is 16.2 Å². The van der Waals surface area contributed by atoms with E-state index in [0.717, 1.165) is 5.56 Å². The number of H-pyrrole nitrogens is 1. The number of aryl methyl sites for hydroxylation is 1. The number of aromatic nitrogens is 2. The first-order valence-corrected chi connectivity index (χ1v) is 7.06. The summed E-state index contributed by atoms with van der Waals surface area (Å²) in [6.07, 6.45) is 3.36. The van der Waals surface area contributed by atoms with Crippen molar-refractivity contribution in [2.24, 2.45) is 0 Å². The monoisotopic (exact) mass is 311 g/mol. The van der Waals surface area contributed by atoms with E-state index in [4.69, 9.17) is 16.6 Å². The van der Waals surface area contributed by atoms with Crippen molar-refractivity contribution in [3.05, 3.63) is 64.9 Å². The van der Waals surface area contributed by atoms with E-state index in [1.807, 2.05) is 12.1 Å². The number of rotatable bonds is 3. The number of nitrogens with zero attached hydrogens (tertiary/aromatic N) is 1. The Bertz CT molecular complexity index is 865. The van der Waals surface area contributed by atoms with Crippen LogP contribution in [0.3, 0.4) is 0 Å². The molecule has 2 N–H and O–H groups in total. The number of hydrogen-bond acceptors (Lipinski definition) is 4. The first-order chi connectivity index (χ1) is 10.6. The predicted molar refractivity (Wildman–Crippen MR) is 86.3 cm³/mol. The number of amides is 1. The van der Waals surface area contributed by atoms with Gasteiger partial charge in [0.1, 0.15) is 4.64 Å². The molecule has 0 saturated heterocycles. The highest BCUT2D eigenvalue weighted by molar-refractivity contribution is 7.71. The molecule has 0 radical (unpaired) electrons. The number of aromatic amines is 1. The van der Waals surface area contributed by atoms with Crippen molar-refractivity contribution < 1.29 is 9.21 Å². The van der Waals surface area contributed by atoms with Gasteiger partial charge in [0.05, 0.1) is 11.8 Å². The summed E-state index contributed by atoms with van der Waals surface area (Å²) >= 11 is 5.10. The minimum absolute atomic E-state index is 0.245. The lowest BCUT2D eigenvalue weighted by molar-refractivity contribution is 0.102. The second-order valence-electron chi connectivity index (χ2n) is 4.69. The number of carbonyl (C=O) groups excluding carboxylic acids is 1. The number of benzene rings is 1. The Morgan fingerprint density at radius 2 is 2.05 bits per heavy atom. The summed E-state index contributed by atoms with van der Waals surface area (Å²) in [6, 6.07) is 10.8. The SMILES string of the molecule is Cc1ncc(-c2ccc(NC(=O)c3ccc[nH]c3=S)cc2)o1. The van der Waals surface area contributed by atoms with Gasteiger partial charge in [0.15, 0.2) is 11.7 Å². The second-order valence-corrected chi connectivity index (χ2v) is 5.10. The van der Waals surface area contributed by atoms with Gasteiger partial charge in [-0.15, -0.1) is 0 Å². The van der Waals surface area contributed by atoms with Crippen LogP contribution in [0, 0.1) is 11.6 Å². The summed E-state index contributed by atoms with van der Waals surface area (Å²) in [5.74, 6) is 1.07. The maximum Gasteiger partial charge on any atom is 0.258 e. The van der Waals surface area contributed by atoms with Crippen LogP contribution in [0.4, 0.5) is 5.69 Å². The average Bonchev–Trinajstić information content (AvgIpc) is 2.95. The number of hydrogen-bond donors (Lipinski definition) is 2. The van der Waals surface area contributed by atoms with Crippen molar-refractivity contribution in [1.29, 1.82) is 0 Å². The quantitative estimate of drug-likeness (QED) is 0.718. The van der Waals surface area contributed by atoms with Gasteiger partial charge in [-0.05, 0) is 36.4 Å². The maximum absolute atomic E-state index is 12.2. The van der Waals surface area contributed by atoms with Gasteiger partial charge in [-0.3, -0.25) is 4.79 Å². The molecular weight excluding hydrogens is 298 g/mol. The van der Waals surface area contributed by atoms with E-state index in [2.05, 4.69) is 15.3 Å². The molecule has 0 unspecified atom stereocenters. The lowest BCUT2D eigenvalue weighted by atomic mass is 10.1. The highest BCUT2D eigenvalue weighted by atomic mass is 32.1. The molecule has 2 heterocycles. The number of oxazole rings is 1. The van der Waals surface area contributed by atoms with E-state index in [1.54, 1.807) is 43.6 Å². The summed E-state index contributed by atoms with van der Waals surface area (Å²) in [6.45, 7) is 1.79. The Balaban J connectivity index is 1.78. The minimum atomic E-state index is -0.245. The topological polar surface area (TPSA) is 70.9 Å². The fourth-order valence-corrected chi connectivity index (χ4v) is 2.24. The second kappa shape index (κ2) is 5.95. The molecule has 0 fully saturated rings. The van der Waals surface area contributed by atoms with Gasteiger partial charge in [-0.25, -0.2) is 4.98 Å². The predicted octanol–water partition coefficient (Wildman–Crippen LogP) is 3.96. The van der Waals surface area contributed by atoms with Gasteiger partial charge in [-0.2, -0.15) is 0 Å². The van der Waals surface area contributed by atoms with Crippen molar-refractivity contribution >= 4 is 23.8 Å². The summed E-state index contributed by atoms with van der Waals surface area (Å²) < 4.78 is 5.87. The van der Waals surface area contributed by atoms with E-state index in [9.17, 15) is 4.79 Å². The normalized spacial score (nSPS) is 10.4. The van der Waals surface area contributed by atoms with Gasteiger partial charge >= 0.3 is 0 Å². The van der Waals surface area contributed by atoms with Crippen LogP contribution in [-0.4, -0.2) is 15.9 Å². The van der Waals surface area contributed by atoms with Crippen LogP contribution in [-0.2, 0) is 0 Å². The van der Waals surface area contributed by atoms with Gasteiger partial charge in [-0.1, -0.05) is 12.2 Å². The molecule has 0 atom stereocenters. The Hall–Kier alpha value is -2.73. The Labute approximate surface area is 132 Å². The van der Waals surface area contributed by atoms with E-state index < -0.39 is 0 Å². The average molecular weight is 311 g/mol. The van der Waals surface area contributed by atoms with Crippen molar-refractivity contribution in [2.75, 3.05) is 5.32 Å². The molecule has 0 aliphatic rings. The van der Waals surface area contributed by atoms with Crippen LogP contribution in [0.2, 0.25) is 0 Å². The molecule has 0 bridgehead atoms. The Kier molecular flexibility index (Phi) is 3.84. The maximum atomic E-state index is 12.2. The van der Waals surface area contributed by atoms with Crippen LogP contribution < -0.4 is 5.32 Å². The molecule has 22 heavy (non-hydrogen) atoms. The van der Waals surface area contributed by atoms with Gasteiger partial charge in [0, 0.05) is 24.4 Å². The van der Waals surface area contributed by atoms with Crippen LogP contribution in [0.15, 0.2) is 53.2 Å². The van der Waals surface area contributed by atoms with Gasteiger partial charge < -0.3 is 14.7 Å². The van der Waals surface area contributed by atoms with Crippen LogP contribution in [0.5, 0.6) is 0 Å². The molecule has 1 amide bonds. The third-order valence-corrected chi connectivity index (χ3v) is 3.45. The molecular formula is C16H13N3O2S. The van der Waals surface area contributed by atoms with Crippen molar-refractivity contribution in [2.45, 2.75) is 6.92 Å². The van der Waals surface area contributed by atoms with Crippen LogP contribution >= 0.6 is 12.2 Å². The van der Waals surface area contributed by atoms with Crippen molar-refractivity contribution in [1.82, 2.24) is 9.97 Å². The van der Waals surface area contributed by atoms with E-state index >= 15 is 0 Å². The third kappa shape index (κ3) is 2.96. The smallest absolute Gasteiger partial charge is 0.258 e. The number of nitrogens with one attached hydrogen (secondary N) is 2. The number of pyridine rings is 1. The molecule has 0 saturated carbocycles. The molecule has 5 nitrogen and oxygen atoms in total. The molecule has 0 aliphatic carbocycles. The zero-order valence-corrected chi connectivity index (χ0v) is 12.6. The number of carbonyl (C=O) groups is 1. The van der Waals surface area contributed by atoms with Gasteiger partial charge in [0.2, 0.25) is 0 Å². The van der Waals surface area contributed by atoms with Crippen molar-refractivity contribution in [3.8, 4) is 11.3 Å². The van der Waals surface area contributed by atoms with Crippen molar-refractivity contribution in [3.63, 3.8) is 0 Å². The summed E-state index contributed by atoms with van der Waals surface area (Å²) in [4.78, 5) is 19.1. The Morgan fingerprint density at radius 1 is 1.27 bits per heavy atom. The summed E-state index contributed by atoms with van der Waals surface area (Å²) in [7, 11) is 0. The van der Waals surface area contributed by atoms with E-state index in [1.165, 1.54) is 0 Å². The summed E-state index contributed by atoms with van der Waals surface area (Å²) in [5.41, 5.74) is 2.02. The molecule has 3 rings (SSSR count). The van der Waals surface area contributed by atoms with Gasteiger partial charge in [0.25, 0.3) is 5.91 Å². The highest BCUT2D eigenvalue weighted by Gasteiger charge is 2.08. The molecule has 2 aromatic heterocycles. The zero-order chi connectivity index (χ0) is 15.5. The first-order valence-electron chi connectivity index (χ1n) is 6.65. The first kappa shape index (κ1) is 14.2. The molecule has 6 heteroatoms. The zero-order valence-electron chi connectivity index (χ0n) is 11.8. The minimum Gasteiger partial charge on any atom is -0.441 e. The summed E-state index contributed by atoms with van der Waals surface area (Å²) in [5, 5.41) is 2.81. The molecule has 0 aliphatic heterocycles. The number of anilines is 1.